The Morgan fingerprint density at radius 2 is 2.32 bits per heavy atom. The fraction of sp³-hybridized carbons (Fsp3) is 0.688. The first-order chi connectivity index (χ1) is 10.7. The van der Waals surface area contributed by atoms with Gasteiger partial charge in [-0.25, -0.2) is 0 Å². The van der Waals surface area contributed by atoms with Crippen LogP contribution in [0.25, 0.3) is 0 Å². The number of hydrogen-bond acceptors (Lipinski definition) is 6. The molecule has 6 nitrogen and oxygen atoms in total. The van der Waals surface area contributed by atoms with Gasteiger partial charge in [-0.05, 0) is 36.6 Å². The maximum absolute atomic E-state index is 10.6. The van der Waals surface area contributed by atoms with Crippen molar-refractivity contribution in [3.63, 3.8) is 0 Å². The molecule has 0 spiro atoms. The maximum Gasteiger partial charge on any atom is 0.113 e. The van der Waals surface area contributed by atoms with Gasteiger partial charge in [0.1, 0.15) is 5.60 Å². The van der Waals surface area contributed by atoms with E-state index in [-0.39, 0.29) is 0 Å². The summed E-state index contributed by atoms with van der Waals surface area (Å²) in [6.45, 7) is 7.63. The average molecular weight is 306 g/mol. The molecule has 0 aromatic carbocycles. The summed E-state index contributed by atoms with van der Waals surface area (Å²) in [4.78, 5) is 4.51. The van der Waals surface area contributed by atoms with Gasteiger partial charge in [0.05, 0.1) is 13.2 Å². The van der Waals surface area contributed by atoms with Crippen molar-refractivity contribution in [1.29, 1.82) is 0 Å². The number of pyridine rings is 1. The fourth-order valence-electron chi connectivity index (χ4n) is 3.19. The third-order valence-corrected chi connectivity index (χ3v) is 4.47. The van der Waals surface area contributed by atoms with Crippen LogP contribution in [0.5, 0.6) is 0 Å². The molecule has 1 aromatic rings. The number of hydrogen-bond donors (Lipinski definition) is 4. The van der Waals surface area contributed by atoms with Gasteiger partial charge in [-0.3, -0.25) is 4.98 Å². The lowest BCUT2D eigenvalue weighted by molar-refractivity contribution is -0.0264. The third-order valence-electron chi connectivity index (χ3n) is 4.47. The first-order valence-electron chi connectivity index (χ1n) is 8.06. The standard InChI is InChI=1S/C16H26N4O2/c1-12-15(14-2-3-17-6-13(14)7-20-12)8-19-10-16(21)9-18-4-5-22-11-16/h7,17-19,21H,2-6,8-11H2,1H3. The van der Waals surface area contributed by atoms with Crippen molar-refractivity contribution >= 4 is 0 Å². The van der Waals surface area contributed by atoms with Crippen LogP contribution in [0.1, 0.15) is 22.4 Å². The third kappa shape index (κ3) is 3.64. The summed E-state index contributed by atoms with van der Waals surface area (Å²) in [5, 5.41) is 20.6. The number of ether oxygens (including phenoxy) is 1. The predicted molar refractivity (Wildman–Crippen MR) is 84.7 cm³/mol. The Labute approximate surface area is 131 Å². The molecule has 6 heteroatoms. The highest BCUT2D eigenvalue weighted by Crippen LogP contribution is 2.20. The Bertz CT molecular complexity index is 513. The van der Waals surface area contributed by atoms with E-state index in [1.54, 1.807) is 0 Å². The molecule has 0 saturated carbocycles. The molecule has 0 bridgehead atoms. The van der Waals surface area contributed by atoms with E-state index in [0.29, 0.717) is 26.3 Å². The lowest BCUT2D eigenvalue weighted by Gasteiger charge is -2.27. The molecule has 3 rings (SSSR count). The van der Waals surface area contributed by atoms with Crippen molar-refractivity contribution in [2.24, 2.45) is 0 Å². The molecule has 1 atom stereocenters. The van der Waals surface area contributed by atoms with Crippen LogP contribution in [-0.2, 0) is 24.2 Å². The molecule has 3 heterocycles. The Balaban J connectivity index is 1.64. The van der Waals surface area contributed by atoms with Crippen molar-refractivity contribution < 1.29 is 9.84 Å². The monoisotopic (exact) mass is 306 g/mol. The minimum Gasteiger partial charge on any atom is -0.385 e. The summed E-state index contributed by atoms with van der Waals surface area (Å²) in [5.41, 5.74) is 4.24. The lowest BCUT2D eigenvalue weighted by Crippen LogP contribution is -2.50. The smallest absolute Gasteiger partial charge is 0.113 e. The van der Waals surface area contributed by atoms with Gasteiger partial charge >= 0.3 is 0 Å². The van der Waals surface area contributed by atoms with E-state index in [1.165, 1.54) is 16.7 Å². The number of rotatable bonds is 4. The normalized spacial score (nSPS) is 25.5. The number of nitrogens with zero attached hydrogens (tertiary/aromatic N) is 1. The van der Waals surface area contributed by atoms with Gasteiger partial charge in [-0.1, -0.05) is 0 Å². The lowest BCUT2D eigenvalue weighted by atomic mass is 9.95. The van der Waals surface area contributed by atoms with Crippen LogP contribution < -0.4 is 16.0 Å². The van der Waals surface area contributed by atoms with Gasteiger partial charge in [-0.15, -0.1) is 0 Å². The second-order valence-electron chi connectivity index (χ2n) is 6.31. The van der Waals surface area contributed by atoms with Gasteiger partial charge in [0.2, 0.25) is 0 Å². The molecular formula is C16H26N4O2. The molecule has 1 saturated heterocycles. The minimum atomic E-state index is -0.839. The molecule has 1 unspecified atom stereocenters. The topological polar surface area (TPSA) is 78.4 Å². The highest BCUT2D eigenvalue weighted by atomic mass is 16.5. The number of aryl methyl sites for hydroxylation is 1. The van der Waals surface area contributed by atoms with E-state index >= 15 is 0 Å². The molecule has 0 radical (unpaired) electrons. The molecule has 1 aromatic heterocycles. The van der Waals surface area contributed by atoms with Crippen molar-refractivity contribution in [3.05, 3.63) is 28.6 Å². The molecular weight excluding hydrogens is 280 g/mol. The van der Waals surface area contributed by atoms with Crippen molar-refractivity contribution in [1.82, 2.24) is 20.9 Å². The Kier molecular flexibility index (Phi) is 5.05. The first-order valence-corrected chi connectivity index (χ1v) is 8.06. The second kappa shape index (κ2) is 7.02. The molecule has 0 amide bonds. The summed E-state index contributed by atoms with van der Waals surface area (Å²) in [7, 11) is 0. The summed E-state index contributed by atoms with van der Waals surface area (Å²) in [6.07, 6.45) is 3.03. The van der Waals surface area contributed by atoms with E-state index in [4.69, 9.17) is 4.74 Å². The van der Waals surface area contributed by atoms with Crippen LogP contribution in [0.4, 0.5) is 0 Å². The van der Waals surface area contributed by atoms with Crippen molar-refractivity contribution in [2.45, 2.75) is 32.0 Å². The molecule has 1 fully saturated rings. The zero-order valence-corrected chi connectivity index (χ0v) is 13.2. The van der Waals surface area contributed by atoms with Gasteiger partial charge in [0.25, 0.3) is 0 Å². The van der Waals surface area contributed by atoms with Crippen LogP contribution in [-0.4, -0.2) is 55.1 Å². The molecule has 2 aliphatic rings. The molecule has 2 aliphatic heterocycles. The number of fused-ring (bicyclic) bond motifs is 1. The van der Waals surface area contributed by atoms with Crippen molar-refractivity contribution in [2.75, 3.05) is 39.4 Å². The Morgan fingerprint density at radius 3 is 3.23 bits per heavy atom. The van der Waals surface area contributed by atoms with Crippen molar-refractivity contribution in [3.8, 4) is 0 Å². The summed E-state index contributed by atoms with van der Waals surface area (Å²) >= 11 is 0. The fourth-order valence-corrected chi connectivity index (χ4v) is 3.19. The van der Waals surface area contributed by atoms with Crippen LogP contribution >= 0.6 is 0 Å². The quantitative estimate of drug-likeness (QED) is 0.599. The van der Waals surface area contributed by atoms with Crippen LogP contribution in [0.3, 0.4) is 0 Å². The predicted octanol–water partition coefficient (Wildman–Crippen LogP) is -0.524. The minimum absolute atomic E-state index is 0.376. The molecule has 22 heavy (non-hydrogen) atoms. The summed E-state index contributed by atoms with van der Waals surface area (Å²) in [6, 6.07) is 0. The zero-order valence-electron chi connectivity index (χ0n) is 13.2. The highest BCUT2D eigenvalue weighted by Gasteiger charge is 2.28. The van der Waals surface area contributed by atoms with Gasteiger partial charge < -0.3 is 25.8 Å². The van der Waals surface area contributed by atoms with E-state index in [2.05, 4.69) is 27.9 Å². The molecule has 0 aliphatic carbocycles. The number of aliphatic hydroxyl groups is 1. The summed E-state index contributed by atoms with van der Waals surface area (Å²) in [5.74, 6) is 0. The highest BCUT2D eigenvalue weighted by molar-refractivity contribution is 5.37. The first kappa shape index (κ1) is 15.8. The summed E-state index contributed by atoms with van der Waals surface area (Å²) < 4.78 is 5.45. The Hall–Kier alpha value is -1.05. The van der Waals surface area contributed by atoms with Crippen LogP contribution in [0.2, 0.25) is 0 Å². The van der Waals surface area contributed by atoms with Gasteiger partial charge in [-0.2, -0.15) is 0 Å². The maximum atomic E-state index is 10.6. The van der Waals surface area contributed by atoms with Gasteiger partial charge in [0.15, 0.2) is 0 Å². The number of nitrogens with one attached hydrogen (secondary N) is 3. The van der Waals surface area contributed by atoms with Gasteiger partial charge in [0, 0.05) is 44.6 Å². The molecule has 122 valence electrons. The van der Waals surface area contributed by atoms with Crippen LogP contribution in [0.15, 0.2) is 6.20 Å². The van der Waals surface area contributed by atoms with E-state index < -0.39 is 5.60 Å². The Morgan fingerprint density at radius 1 is 1.41 bits per heavy atom. The average Bonchev–Trinajstić information content (AvgIpc) is 2.74. The molecule has 4 N–H and O–H groups in total. The SMILES string of the molecule is Cc1ncc2c(c1CNCC1(O)CNCCOC1)CCNC2. The number of β-amino-alcohol motifs (C(OH)–C–C–N with tert-alkyl or cyclic N) is 1. The zero-order chi connectivity index (χ0) is 15.4. The number of aromatic nitrogens is 1. The van der Waals surface area contributed by atoms with E-state index in [0.717, 1.165) is 38.3 Å². The van der Waals surface area contributed by atoms with E-state index in [1.807, 2.05) is 6.20 Å². The van der Waals surface area contributed by atoms with Crippen LogP contribution in [0, 0.1) is 6.92 Å². The van der Waals surface area contributed by atoms with E-state index in [9.17, 15) is 5.11 Å². The largest absolute Gasteiger partial charge is 0.385 e. The second-order valence-corrected chi connectivity index (χ2v) is 6.31.